The molecule has 0 radical (unpaired) electrons. The quantitative estimate of drug-likeness (QED) is 0.468. The zero-order chi connectivity index (χ0) is 19.1. The lowest BCUT2D eigenvalue weighted by molar-refractivity contribution is 0.340. The van der Waals surface area contributed by atoms with E-state index in [4.69, 9.17) is 19.2 Å². The van der Waals surface area contributed by atoms with Gasteiger partial charge >= 0.3 is 0 Å². The number of furan rings is 1. The molecule has 0 spiro atoms. The molecule has 27 heavy (non-hydrogen) atoms. The fourth-order valence-electron chi connectivity index (χ4n) is 2.64. The van der Waals surface area contributed by atoms with Crippen molar-refractivity contribution in [1.82, 2.24) is 4.68 Å². The second-order valence-electron chi connectivity index (χ2n) is 6.07. The van der Waals surface area contributed by atoms with Gasteiger partial charge in [0.15, 0.2) is 5.76 Å². The number of nitrogens with zero attached hydrogens (tertiary/aromatic N) is 3. The predicted molar refractivity (Wildman–Crippen MR) is 111 cm³/mol. The van der Waals surface area contributed by atoms with Crippen molar-refractivity contribution >= 4 is 23.2 Å². The topological polar surface area (TPSA) is 52.0 Å². The first-order valence-corrected chi connectivity index (χ1v) is 10.2. The van der Waals surface area contributed by atoms with Crippen LogP contribution < -0.4 is 9.54 Å². The monoisotopic (exact) mass is 383 g/mol. The van der Waals surface area contributed by atoms with E-state index in [2.05, 4.69) is 13.8 Å². The van der Waals surface area contributed by atoms with Gasteiger partial charge < -0.3 is 9.15 Å². The second kappa shape index (κ2) is 9.37. The maximum absolute atomic E-state index is 5.58. The van der Waals surface area contributed by atoms with E-state index in [1.165, 1.54) is 0 Å². The molecule has 0 amide bonds. The van der Waals surface area contributed by atoms with E-state index in [9.17, 15) is 0 Å². The third-order valence-corrected chi connectivity index (χ3v) is 5.09. The highest BCUT2D eigenvalue weighted by atomic mass is 32.1. The highest BCUT2D eigenvalue weighted by Crippen LogP contribution is 2.22. The summed E-state index contributed by atoms with van der Waals surface area (Å²) in [5, 5.41) is 6.76. The Morgan fingerprint density at radius 2 is 1.93 bits per heavy atom. The average molecular weight is 384 g/mol. The van der Waals surface area contributed by atoms with Gasteiger partial charge in [0.2, 0.25) is 4.80 Å². The summed E-state index contributed by atoms with van der Waals surface area (Å²) in [4.78, 5) is 5.57. The zero-order valence-corrected chi connectivity index (χ0v) is 16.8. The van der Waals surface area contributed by atoms with Crippen LogP contribution in [0.15, 0.2) is 62.6 Å². The molecule has 0 bridgehead atoms. The van der Waals surface area contributed by atoms with E-state index < -0.39 is 0 Å². The summed E-state index contributed by atoms with van der Waals surface area (Å²) in [5.41, 5.74) is 1.76. The van der Waals surface area contributed by atoms with E-state index in [-0.39, 0.29) is 0 Å². The first kappa shape index (κ1) is 19.2. The molecular formula is C21H25N3O2S. The van der Waals surface area contributed by atoms with Crippen molar-refractivity contribution in [2.45, 2.75) is 33.6 Å². The summed E-state index contributed by atoms with van der Waals surface area (Å²) in [5.74, 6) is 2.07. The third-order valence-electron chi connectivity index (χ3n) is 4.27. The van der Waals surface area contributed by atoms with E-state index >= 15 is 0 Å². The summed E-state index contributed by atoms with van der Waals surface area (Å²) in [7, 11) is 0. The Morgan fingerprint density at radius 3 is 2.56 bits per heavy atom. The normalized spacial score (nSPS) is 12.4. The molecule has 0 atom stereocenters. The third kappa shape index (κ3) is 4.77. The number of hydrogen-bond acceptors (Lipinski definition) is 5. The van der Waals surface area contributed by atoms with Crippen LogP contribution in [0.1, 0.15) is 33.6 Å². The Kier molecular flexibility index (Phi) is 6.65. The molecule has 0 aliphatic rings. The van der Waals surface area contributed by atoms with Crippen LogP contribution in [0.2, 0.25) is 0 Å². The van der Waals surface area contributed by atoms with Gasteiger partial charge in [0.05, 0.1) is 18.6 Å². The first-order chi connectivity index (χ1) is 13.2. The Balaban J connectivity index is 2.01. The molecule has 2 heterocycles. The van der Waals surface area contributed by atoms with Crippen LogP contribution in [0.3, 0.4) is 0 Å². The summed E-state index contributed by atoms with van der Waals surface area (Å²) in [6.07, 6.45) is 5.81. The Hall–Kier alpha value is -2.60. The number of benzene rings is 1. The van der Waals surface area contributed by atoms with Crippen molar-refractivity contribution in [2.24, 2.45) is 16.0 Å². The van der Waals surface area contributed by atoms with Gasteiger partial charge in [-0.1, -0.05) is 13.8 Å². The summed E-state index contributed by atoms with van der Waals surface area (Å²) < 4.78 is 12.9. The number of rotatable bonds is 8. The smallest absolute Gasteiger partial charge is 0.211 e. The minimum atomic E-state index is 0.445. The molecule has 0 aliphatic carbocycles. The molecule has 3 aromatic rings. The van der Waals surface area contributed by atoms with Gasteiger partial charge in [-0.2, -0.15) is 5.10 Å². The van der Waals surface area contributed by atoms with Crippen molar-refractivity contribution in [2.75, 3.05) is 6.61 Å². The molecule has 0 fully saturated rings. The van der Waals surface area contributed by atoms with E-state index in [0.29, 0.717) is 12.5 Å². The van der Waals surface area contributed by atoms with Crippen LogP contribution in [0, 0.1) is 5.92 Å². The number of ether oxygens (including phenoxy) is 1. The van der Waals surface area contributed by atoms with E-state index in [1.54, 1.807) is 17.6 Å². The molecule has 0 saturated heterocycles. The zero-order valence-electron chi connectivity index (χ0n) is 16.0. The molecule has 0 saturated carbocycles. The maximum atomic E-state index is 5.58. The predicted octanol–water partition coefficient (Wildman–Crippen LogP) is 5.71. The molecule has 0 aliphatic heterocycles. The molecule has 6 heteroatoms. The highest BCUT2D eigenvalue weighted by molar-refractivity contribution is 7.07. The van der Waals surface area contributed by atoms with E-state index in [0.717, 1.165) is 40.5 Å². The molecule has 2 aromatic heterocycles. The van der Waals surface area contributed by atoms with Crippen molar-refractivity contribution in [3.05, 3.63) is 52.8 Å². The van der Waals surface area contributed by atoms with Gasteiger partial charge in [-0.15, -0.1) is 11.3 Å². The van der Waals surface area contributed by atoms with Crippen molar-refractivity contribution in [1.29, 1.82) is 0 Å². The first-order valence-electron chi connectivity index (χ1n) is 9.31. The van der Waals surface area contributed by atoms with Crippen molar-refractivity contribution < 1.29 is 9.15 Å². The Labute approximate surface area is 163 Å². The molecule has 1 aromatic carbocycles. The van der Waals surface area contributed by atoms with Crippen LogP contribution in [-0.4, -0.2) is 17.5 Å². The van der Waals surface area contributed by atoms with Crippen LogP contribution in [0.5, 0.6) is 5.75 Å². The number of aromatic nitrogens is 1. The lowest BCUT2D eigenvalue weighted by Gasteiger charge is -2.06. The largest absolute Gasteiger partial charge is 0.494 e. The van der Waals surface area contributed by atoms with Crippen LogP contribution in [-0.2, 0) is 0 Å². The SMILES string of the molecule is CCOc1ccc(N=c2scc(-c3ccco3)n2N=CC(CC)CC)cc1. The fraction of sp³-hybridized carbons (Fsp3) is 0.333. The van der Waals surface area contributed by atoms with Gasteiger partial charge in [-0.25, -0.2) is 9.67 Å². The summed E-state index contributed by atoms with van der Waals surface area (Å²) in [6.45, 7) is 6.98. The van der Waals surface area contributed by atoms with Gasteiger partial charge in [0.1, 0.15) is 11.4 Å². The average Bonchev–Trinajstić information content (AvgIpc) is 3.34. The van der Waals surface area contributed by atoms with Crippen LogP contribution >= 0.6 is 11.3 Å². The van der Waals surface area contributed by atoms with Crippen molar-refractivity contribution in [3.8, 4) is 17.2 Å². The Morgan fingerprint density at radius 1 is 1.15 bits per heavy atom. The summed E-state index contributed by atoms with van der Waals surface area (Å²) >= 11 is 1.54. The lowest BCUT2D eigenvalue weighted by atomic mass is 10.1. The molecule has 0 unspecified atom stereocenters. The molecule has 142 valence electrons. The molecule has 0 N–H and O–H groups in total. The van der Waals surface area contributed by atoms with Gasteiger partial charge in [-0.05, 0) is 62.1 Å². The van der Waals surface area contributed by atoms with E-state index in [1.807, 2.05) is 59.6 Å². The fourth-order valence-corrected chi connectivity index (χ4v) is 3.47. The summed E-state index contributed by atoms with van der Waals surface area (Å²) in [6, 6.07) is 11.6. The molecule has 5 nitrogen and oxygen atoms in total. The standard InChI is InChI=1S/C21H25N3O2S/c1-4-16(5-2)14-22-24-19(20-8-7-13-26-20)15-27-21(24)23-17-9-11-18(12-10-17)25-6-3/h7-16H,4-6H2,1-3H3. The van der Waals surface area contributed by atoms with Crippen molar-refractivity contribution in [3.63, 3.8) is 0 Å². The lowest BCUT2D eigenvalue weighted by Crippen LogP contribution is -2.12. The maximum Gasteiger partial charge on any atom is 0.211 e. The minimum Gasteiger partial charge on any atom is -0.494 e. The number of thiazole rings is 1. The van der Waals surface area contributed by atoms with Gasteiger partial charge in [-0.3, -0.25) is 0 Å². The van der Waals surface area contributed by atoms with Gasteiger partial charge in [0.25, 0.3) is 0 Å². The highest BCUT2D eigenvalue weighted by Gasteiger charge is 2.10. The van der Waals surface area contributed by atoms with Crippen LogP contribution in [0.4, 0.5) is 5.69 Å². The number of hydrogen-bond donors (Lipinski definition) is 0. The second-order valence-corrected chi connectivity index (χ2v) is 6.91. The van der Waals surface area contributed by atoms with Gasteiger partial charge in [0, 0.05) is 11.6 Å². The molecule has 3 rings (SSSR count). The molecular weight excluding hydrogens is 358 g/mol. The minimum absolute atomic E-state index is 0.445. The van der Waals surface area contributed by atoms with Crippen LogP contribution in [0.25, 0.3) is 11.5 Å². The Bertz CT molecular complexity index is 917.